The standard InChI is InChI=1S/C16H18N2O4S/c1-11-3-6-13(17)9-15(11)12-4-7-14(8-5-12)23(20,21)18-10-16(19)22-2/h3-9,18H,10,17H2,1-2H3. The number of hydrogen-bond donors (Lipinski definition) is 2. The van der Waals surface area contributed by atoms with Crippen molar-refractivity contribution >= 4 is 21.7 Å². The van der Waals surface area contributed by atoms with Gasteiger partial charge in [0.05, 0.1) is 12.0 Å². The van der Waals surface area contributed by atoms with Crippen molar-refractivity contribution in [2.75, 3.05) is 19.4 Å². The highest BCUT2D eigenvalue weighted by molar-refractivity contribution is 7.89. The van der Waals surface area contributed by atoms with Crippen LogP contribution in [0.2, 0.25) is 0 Å². The van der Waals surface area contributed by atoms with Crippen molar-refractivity contribution < 1.29 is 17.9 Å². The van der Waals surface area contributed by atoms with Gasteiger partial charge in [0.15, 0.2) is 0 Å². The van der Waals surface area contributed by atoms with Gasteiger partial charge in [-0.15, -0.1) is 0 Å². The molecule has 122 valence electrons. The van der Waals surface area contributed by atoms with E-state index in [9.17, 15) is 13.2 Å². The molecular weight excluding hydrogens is 316 g/mol. The maximum Gasteiger partial charge on any atom is 0.320 e. The molecule has 23 heavy (non-hydrogen) atoms. The van der Waals surface area contributed by atoms with Crippen molar-refractivity contribution in [2.45, 2.75) is 11.8 Å². The second-order valence-electron chi connectivity index (χ2n) is 5.00. The Morgan fingerprint density at radius 1 is 1.17 bits per heavy atom. The van der Waals surface area contributed by atoms with Crippen LogP contribution in [0.4, 0.5) is 5.69 Å². The lowest BCUT2D eigenvalue weighted by atomic mass is 10.0. The van der Waals surface area contributed by atoms with Gasteiger partial charge in [-0.1, -0.05) is 18.2 Å². The minimum Gasteiger partial charge on any atom is -0.468 e. The number of esters is 1. The third kappa shape index (κ3) is 4.08. The molecule has 0 radical (unpaired) electrons. The van der Waals surface area contributed by atoms with E-state index in [1.165, 1.54) is 19.2 Å². The number of sulfonamides is 1. The number of anilines is 1. The van der Waals surface area contributed by atoms with Crippen LogP contribution >= 0.6 is 0 Å². The van der Waals surface area contributed by atoms with Gasteiger partial charge in [0.1, 0.15) is 6.54 Å². The zero-order chi connectivity index (χ0) is 17.0. The highest BCUT2D eigenvalue weighted by Gasteiger charge is 2.16. The molecular formula is C16H18N2O4S. The number of hydrogen-bond acceptors (Lipinski definition) is 5. The van der Waals surface area contributed by atoms with Crippen molar-refractivity contribution in [1.82, 2.24) is 4.72 Å². The van der Waals surface area contributed by atoms with Crippen molar-refractivity contribution in [3.8, 4) is 11.1 Å². The average molecular weight is 334 g/mol. The lowest BCUT2D eigenvalue weighted by molar-refractivity contribution is -0.139. The van der Waals surface area contributed by atoms with Gasteiger partial charge in [0.25, 0.3) is 0 Å². The molecule has 0 atom stereocenters. The van der Waals surface area contributed by atoms with Crippen LogP contribution in [0.1, 0.15) is 5.56 Å². The summed E-state index contributed by atoms with van der Waals surface area (Å²) in [4.78, 5) is 11.1. The topological polar surface area (TPSA) is 98.5 Å². The molecule has 2 aromatic rings. The Bertz CT molecular complexity index is 814. The van der Waals surface area contributed by atoms with Crippen molar-refractivity contribution in [3.63, 3.8) is 0 Å². The predicted molar refractivity (Wildman–Crippen MR) is 88.2 cm³/mol. The molecule has 2 rings (SSSR count). The van der Waals surface area contributed by atoms with E-state index in [4.69, 9.17) is 5.73 Å². The Balaban J connectivity index is 2.25. The van der Waals surface area contributed by atoms with Gasteiger partial charge >= 0.3 is 5.97 Å². The highest BCUT2D eigenvalue weighted by atomic mass is 32.2. The molecule has 0 aliphatic carbocycles. The number of nitrogens with one attached hydrogen (secondary N) is 1. The Morgan fingerprint density at radius 2 is 1.83 bits per heavy atom. The molecule has 0 unspecified atom stereocenters. The number of methoxy groups -OCH3 is 1. The molecule has 0 saturated carbocycles. The van der Waals surface area contributed by atoms with Gasteiger partial charge in [-0.3, -0.25) is 4.79 Å². The smallest absolute Gasteiger partial charge is 0.320 e. The Labute approximate surface area is 135 Å². The third-order valence-corrected chi connectivity index (χ3v) is 4.79. The number of aryl methyl sites for hydroxylation is 1. The fraction of sp³-hybridized carbons (Fsp3) is 0.188. The SMILES string of the molecule is COC(=O)CNS(=O)(=O)c1ccc(-c2cc(N)ccc2C)cc1. The lowest BCUT2D eigenvalue weighted by Crippen LogP contribution is -2.30. The van der Waals surface area contributed by atoms with Crippen LogP contribution < -0.4 is 10.5 Å². The summed E-state index contributed by atoms with van der Waals surface area (Å²) in [6.45, 7) is 1.55. The van der Waals surface area contributed by atoms with E-state index < -0.39 is 22.5 Å². The van der Waals surface area contributed by atoms with Crippen LogP contribution in [0, 0.1) is 6.92 Å². The summed E-state index contributed by atoms with van der Waals surface area (Å²) in [6.07, 6.45) is 0. The summed E-state index contributed by atoms with van der Waals surface area (Å²) in [7, 11) is -2.56. The second-order valence-corrected chi connectivity index (χ2v) is 6.77. The van der Waals surface area contributed by atoms with E-state index in [2.05, 4.69) is 9.46 Å². The van der Waals surface area contributed by atoms with E-state index in [0.717, 1.165) is 16.7 Å². The monoisotopic (exact) mass is 334 g/mol. The molecule has 0 spiro atoms. The molecule has 2 aromatic carbocycles. The maximum atomic E-state index is 12.1. The van der Waals surface area contributed by atoms with Gasteiger partial charge in [-0.25, -0.2) is 8.42 Å². The van der Waals surface area contributed by atoms with Gasteiger partial charge < -0.3 is 10.5 Å². The van der Waals surface area contributed by atoms with Crippen molar-refractivity contribution in [2.24, 2.45) is 0 Å². The second kappa shape index (κ2) is 6.80. The first-order valence-corrected chi connectivity index (χ1v) is 8.35. The van der Waals surface area contributed by atoms with Crippen LogP contribution in [-0.2, 0) is 19.6 Å². The van der Waals surface area contributed by atoms with Crippen LogP contribution in [-0.4, -0.2) is 28.0 Å². The quantitative estimate of drug-likeness (QED) is 0.640. The summed E-state index contributed by atoms with van der Waals surface area (Å²) < 4.78 is 30.8. The largest absolute Gasteiger partial charge is 0.468 e. The molecule has 0 aliphatic heterocycles. The van der Waals surface area contributed by atoms with E-state index in [1.54, 1.807) is 12.1 Å². The minimum atomic E-state index is -3.76. The van der Waals surface area contributed by atoms with E-state index >= 15 is 0 Å². The number of ether oxygens (including phenoxy) is 1. The van der Waals surface area contributed by atoms with Gasteiger partial charge in [0.2, 0.25) is 10.0 Å². The van der Waals surface area contributed by atoms with Crippen molar-refractivity contribution in [3.05, 3.63) is 48.0 Å². The van der Waals surface area contributed by atoms with Gasteiger partial charge in [-0.2, -0.15) is 4.72 Å². The van der Waals surface area contributed by atoms with Crippen LogP contribution in [0.3, 0.4) is 0 Å². The number of nitrogen functional groups attached to an aromatic ring is 1. The predicted octanol–water partition coefficient (Wildman–Crippen LogP) is 1.70. The summed E-state index contributed by atoms with van der Waals surface area (Å²) in [5.74, 6) is -0.652. The minimum absolute atomic E-state index is 0.0757. The number of carbonyl (C=O) groups excluding carboxylic acids is 1. The Hall–Kier alpha value is -2.38. The molecule has 0 fully saturated rings. The first-order chi connectivity index (χ1) is 10.8. The zero-order valence-electron chi connectivity index (χ0n) is 12.9. The molecule has 0 amide bonds. The number of benzene rings is 2. The molecule has 0 heterocycles. The van der Waals surface area contributed by atoms with Gasteiger partial charge in [-0.05, 0) is 47.9 Å². The number of nitrogens with two attached hydrogens (primary N) is 1. The van der Waals surface area contributed by atoms with E-state index in [1.807, 2.05) is 25.1 Å². The highest BCUT2D eigenvalue weighted by Crippen LogP contribution is 2.26. The van der Waals surface area contributed by atoms with Crippen LogP contribution in [0.15, 0.2) is 47.4 Å². The summed E-state index contributed by atoms with van der Waals surface area (Å²) in [5.41, 5.74) is 9.28. The molecule has 3 N–H and O–H groups in total. The summed E-state index contributed by atoms with van der Waals surface area (Å²) in [6, 6.07) is 11.9. The first kappa shape index (κ1) is 17.0. The normalized spacial score (nSPS) is 11.2. The van der Waals surface area contributed by atoms with Crippen LogP contribution in [0.25, 0.3) is 11.1 Å². The fourth-order valence-electron chi connectivity index (χ4n) is 2.07. The van der Waals surface area contributed by atoms with E-state index in [-0.39, 0.29) is 4.90 Å². The van der Waals surface area contributed by atoms with Gasteiger partial charge in [0, 0.05) is 5.69 Å². The van der Waals surface area contributed by atoms with Crippen molar-refractivity contribution in [1.29, 1.82) is 0 Å². The summed E-state index contributed by atoms with van der Waals surface area (Å²) in [5, 5.41) is 0. The molecule has 0 aromatic heterocycles. The molecule has 0 bridgehead atoms. The molecule has 0 saturated heterocycles. The average Bonchev–Trinajstić information content (AvgIpc) is 2.55. The fourth-order valence-corrected chi connectivity index (χ4v) is 3.04. The van der Waals surface area contributed by atoms with E-state index in [0.29, 0.717) is 5.69 Å². The maximum absolute atomic E-state index is 12.1. The summed E-state index contributed by atoms with van der Waals surface area (Å²) >= 11 is 0. The lowest BCUT2D eigenvalue weighted by Gasteiger charge is -2.09. The molecule has 0 aliphatic rings. The van der Waals surface area contributed by atoms with Crippen LogP contribution in [0.5, 0.6) is 0 Å². The number of carbonyl (C=O) groups is 1. The Morgan fingerprint density at radius 3 is 2.43 bits per heavy atom. The third-order valence-electron chi connectivity index (χ3n) is 3.37. The molecule has 6 nitrogen and oxygen atoms in total. The number of rotatable bonds is 5. The zero-order valence-corrected chi connectivity index (χ0v) is 13.7. The Kier molecular flexibility index (Phi) is 5.02. The molecule has 7 heteroatoms. The first-order valence-electron chi connectivity index (χ1n) is 6.86.